The Morgan fingerprint density at radius 1 is 1.12 bits per heavy atom. The zero-order valence-electron chi connectivity index (χ0n) is 12.6. The standard InChI is InChI=1S/C17H11F3IN3S/c18-17(19,20)13-7-6-11(8-14(13)21)9-22-24-16-23-15(10-25-16)12-4-2-1-3-5-12/h1-10H,(H,23,24). The summed E-state index contributed by atoms with van der Waals surface area (Å²) in [6, 6.07) is 13.6. The van der Waals surface area contributed by atoms with Crippen molar-refractivity contribution in [1.29, 1.82) is 0 Å². The molecule has 3 rings (SSSR count). The van der Waals surface area contributed by atoms with Crippen LogP contribution in [-0.2, 0) is 6.18 Å². The van der Waals surface area contributed by atoms with Crippen LogP contribution in [0.5, 0.6) is 0 Å². The molecule has 8 heteroatoms. The molecule has 2 aromatic carbocycles. The van der Waals surface area contributed by atoms with Gasteiger partial charge in [-0.15, -0.1) is 11.3 Å². The minimum absolute atomic E-state index is 0.134. The van der Waals surface area contributed by atoms with Gasteiger partial charge in [-0.05, 0) is 40.3 Å². The molecule has 0 amide bonds. The Labute approximate surface area is 159 Å². The molecular weight excluding hydrogens is 462 g/mol. The van der Waals surface area contributed by atoms with Crippen molar-refractivity contribution in [3.63, 3.8) is 0 Å². The number of aromatic nitrogens is 1. The second-order valence-electron chi connectivity index (χ2n) is 5.01. The van der Waals surface area contributed by atoms with Gasteiger partial charge in [-0.1, -0.05) is 36.4 Å². The molecule has 0 aliphatic heterocycles. The van der Waals surface area contributed by atoms with Gasteiger partial charge in [0.2, 0.25) is 5.13 Å². The number of alkyl halides is 3. The number of nitrogens with one attached hydrogen (secondary N) is 1. The maximum Gasteiger partial charge on any atom is 0.417 e. The Kier molecular flexibility index (Phi) is 5.38. The molecule has 1 heterocycles. The quantitative estimate of drug-likeness (QED) is 0.292. The summed E-state index contributed by atoms with van der Waals surface area (Å²) < 4.78 is 38.3. The van der Waals surface area contributed by atoms with E-state index in [0.717, 1.165) is 17.3 Å². The SMILES string of the molecule is FC(F)(F)c1ccc(C=NNc2nc(-c3ccccc3)cs2)cc1I. The van der Waals surface area contributed by atoms with E-state index >= 15 is 0 Å². The molecule has 3 aromatic rings. The zero-order chi connectivity index (χ0) is 17.9. The number of hydrogen-bond donors (Lipinski definition) is 1. The third kappa shape index (κ3) is 4.57. The maximum absolute atomic E-state index is 12.7. The average molecular weight is 473 g/mol. The van der Waals surface area contributed by atoms with Crippen LogP contribution in [0.15, 0.2) is 59.0 Å². The first kappa shape index (κ1) is 17.9. The molecule has 0 aliphatic rings. The van der Waals surface area contributed by atoms with E-state index in [9.17, 15) is 13.2 Å². The summed E-state index contributed by atoms with van der Waals surface area (Å²) in [5, 5.41) is 6.56. The van der Waals surface area contributed by atoms with Crippen LogP contribution in [0.4, 0.5) is 18.3 Å². The van der Waals surface area contributed by atoms with E-state index < -0.39 is 11.7 Å². The van der Waals surface area contributed by atoms with Gasteiger partial charge in [0.15, 0.2) is 0 Å². The Morgan fingerprint density at radius 2 is 1.88 bits per heavy atom. The first-order valence-corrected chi connectivity index (χ1v) is 9.06. The van der Waals surface area contributed by atoms with E-state index in [1.165, 1.54) is 29.7 Å². The number of thiazole rings is 1. The number of rotatable bonds is 4. The number of hydrazone groups is 1. The maximum atomic E-state index is 12.7. The molecular formula is C17H11F3IN3S. The second-order valence-corrected chi connectivity index (χ2v) is 7.03. The molecule has 128 valence electrons. The summed E-state index contributed by atoms with van der Waals surface area (Å²) in [6.07, 6.45) is -2.88. The van der Waals surface area contributed by atoms with Gasteiger partial charge in [-0.25, -0.2) is 4.98 Å². The van der Waals surface area contributed by atoms with Crippen LogP contribution >= 0.6 is 33.9 Å². The largest absolute Gasteiger partial charge is 0.417 e. The van der Waals surface area contributed by atoms with Gasteiger partial charge < -0.3 is 0 Å². The fourth-order valence-corrected chi connectivity index (χ4v) is 3.58. The van der Waals surface area contributed by atoms with E-state index in [1.807, 2.05) is 35.7 Å². The lowest BCUT2D eigenvalue weighted by Gasteiger charge is -2.09. The highest BCUT2D eigenvalue weighted by Crippen LogP contribution is 2.33. The molecule has 25 heavy (non-hydrogen) atoms. The Morgan fingerprint density at radius 3 is 2.56 bits per heavy atom. The lowest BCUT2D eigenvalue weighted by molar-refractivity contribution is -0.138. The Balaban J connectivity index is 1.68. The van der Waals surface area contributed by atoms with E-state index in [1.54, 1.807) is 22.6 Å². The average Bonchev–Trinajstić information content (AvgIpc) is 3.03. The van der Waals surface area contributed by atoms with Crippen LogP contribution < -0.4 is 5.43 Å². The molecule has 0 bridgehead atoms. The van der Waals surface area contributed by atoms with Gasteiger partial charge in [-0.3, -0.25) is 5.43 Å². The summed E-state index contributed by atoms with van der Waals surface area (Å²) >= 11 is 3.07. The number of halogens is 4. The molecule has 0 saturated heterocycles. The third-order valence-corrected chi connectivity index (χ3v) is 4.89. The van der Waals surface area contributed by atoms with E-state index in [4.69, 9.17) is 0 Å². The van der Waals surface area contributed by atoms with Crippen molar-refractivity contribution in [3.05, 3.63) is 68.6 Å². The van der Waals surface area contributed by atoms with Gasteiger partial charge in [0.1, 0.15) is 0 Å². The fourth-order valence-electron chi connectivity index (χ4n) is 2.07. The van der Waals surface area contributed by atoms with Crippen molar-refractivity contribution >= 4 is 45.3 Å². The van der Waals surface area contributed by atoms with Crippen LogP contribution in [0.2, 0.25) is 0 Å². The van der Waals surface area contributed by atoms with Crippen LogP contribution in [-0.4, -0.2) is 11.2 Å². The Hall–Kier alpha value is -1.94. The highest BCUT2D eigenvalue weighted by Gasteiger charge is 2.32. The van der Waals surface area contributed by atoms with E-state index in [0.29, 0.717) is 10.7 Å². The van der Waals surface area contributed by atoms with Gasteiger partial charge in [0, 0.05) is 14.5 Å². The lowest BCUT2D eigenvalue weighted by atomic mass is 10.1. The molecule has 0 atom stereocenters. The van der Waals surface area contributed by atoms with E-state index in [2.05, 4.69) is 15.5 Å². The van der Waals surface area contributed by atoms with Crippen LogP contribution in [0.25, 0.3) is 11.3 Å². The van der Waals surface area contributed by atoms with Gasteiger partial charge in [0.05, 0.1) is 17.5 Å². The second kappa shape index (κ2) is 7.52. The summed E-state index contributed by atoms with van der Waals surface area (Å²) in [4.78, 5) is 4.42. The summed E-state index contributed by atoms with van der Waals surface area (Å²) in [5.74, 6) is 0. The van der Waals surface area contributed by atoms with Gasteiger partial charge in [0.25, 0.3) is 0 Å². The Bertz CT molecular complexity index is 892. The predicted octanol–water partition coefficient (Wildman–Crippen LogP) is 5.88. The van der Waals surface area contributed by atoms with Crippen molar-refractivity contribution < 1.29 is 13.2 Å². The normalized spacial score (nSPS) is 11.8. The molecule has 0 fully saturated rings. The van der Waals surface area contributed by atoms with Crippen LogP contribution in [0.3, 0.4) is 0 Å². The highest BCUT2D eigenvalue weighted by atomic mass is 127. The smallest absolute Gasteiger partial charge is 0.253 e. The molecule has 0 saturated carbocycles. The molecule has 3 nitrogen and oxygen atoms in total. The van der Waals surface area contributed by atoms with Crippen molar-refractivity contribution in [2.45, 2.75) is 6.18 Å². The summed E-state index contributed by atoms with van der Waals surface area (Å²) in [7, 11) is 0. The van der Waals surface area contributed by atoms with Crippen molar-refractivity contribution in [3.8, 4) is 11.3 Å². The summed E-state index contributed by atoms with van der Waals surface area (Å²) in [6.45, 7) is 0. The molecule has 1 N–H and O–H groups in total. The molecule has 0 radical (unpaired) electrons. The fraction of sp³-hybridized carbons (Fsp3) is 0.0588. The topological polar surface area (TPSA) is 37.3 Å². The van der Waals surface area contributed by atoms with Gasteiger partial charge >= 0.3 is 6.18 Å². The first-order chi connectivity index (χ1) is 11.9. The van der Waals surface area contributed by atoms with Gasteiger partial charge in [-0.2, -0.15) is 18.3 Å². The predicted molar refractivity (Wildman–Crippen MR) is 103 cm³/mol. The van der Waals surface area contributed by atoms with Crippen molar-refractivity contribution in [2.24, 2.45) is 5.10 Å². The highest BCUT2D eigenvalue weighted by molar-refractivity contribution is 14.1. The minimum atomic E-state index is -4.35. The number of nitrogens with zero attached hydrogens (tertiary/aromatic N) is 2. The number of benzene rings is 2. The van der Waals surface area contributed by atoms with Crippen LogP contribution in [0, 0.1) is 3.57 Å². The molecule has 0 unspecified atom stereocenters. The van der Waals surface area contributed by atoms with Crippen molar-refractivity contribution in [2.75, 3.05) is 5.43 Å². The number of hydrogen-bond acceptors (Lipinski definition) is 4. The van der Waals surface area contributed by atoms with Crippen LogP contribution in [0.1, 0.15) is 11.1 Å². The lowest BCUT2D eigenvalue weighted by Crippen LogP contribution is -2.07. The third-order valence-electron chi connectivity index (χ3n) is 3.25. The monoisotopic (exact) mass is 473 g/mol. The molecule has 1 aromatic heterocycles. The van der Waals surface area contributed by atoms with Crippen molar-refractivity contribution in [1.82, 2.24) is 4.98 Å². The van der Waals surface area contributed by atoms with E-state index in [-0.39, 0.29) is 3.57 Å². The molecule has 0 aliphatic carbocycles. The first-order valence-electron chi connectivity index (χ1n) is 7.10. The number of anilines is 1. The molecule has 0 spiro atoms. The summed E-state index contributed by atoms with van der Waals surface area (Å²) in [5.41, 5.74) is 4.57. The zero-order valence-corrected chi connectivity index (χ0v) is 15.6. The minimum Gasteiger partial charge on any atom is -0.253 e.